The van der Waals surface area contributed by atoms with Crippen LogP contribution < -0.4 is 0 Å². The van der Waals surface area contributed by atoms with E-state index >= 15 is 0 Å². The van der Waals surface area contributed by atoms with Crippen molar-refractivity contribution in [1.82, 2.24) is 0 Å². The zero-order valence-corrected chi connectivity index (χ0v) is 8.30. The maximum Gasteiger partial charge on any atom is 0.0915 e. The number of halogens is 1. The van der Waals surface area contributed by atoms with Crippen LogP contribution in [0.2, 0.25) is 0 Å². The second-order valence-electron chi connectivity index (χ2n) is 2.47. The minimum atomic E-state index is 0.985. The summed E-state index contributed by atoms with van der Waals surface area (Å²) in [4.78, 5) is 0. The number of hydrogen-bond acceptors (Lipinski definition) is 1. The predicted octanol–water partition coefficient (Wildman–Crippen LogP) is 3.38. The van der Waals surface area contributed by atoms with Crippen molar-refractivity contribution in [1.29, 1.82) is 5.26 Å². The fourth-order valence-electron chi connectivity index (χ4n) is 0.914. The minimum absolute atomic E-state index is 0.985. The summed E-state index contributed by atoms with van der Waals surface area (Å²) in [5.74, 6) is 0. The van der Waals surface area contributed by atoms with E-state index in [0.717, 1.165) is 15.6 Å². The fourth-order valence-corrected chi connectivity index (χ4v) is 1.31. The summed E-state index contributed by atoms with van der Waals surface area (Å²) in [5, 5.41) is 8.43. The molecule has 0 aliphatic heterocycles. The Bertz CT molecular complexity index is 347. The van der Waals surface area contributed by atoms with E-state index in [9.17, 15) is 0 Å². The first kappa shape index (κ1) is 9.02. The number of allylic oxidation sites excluding steroid dienone is 2. The van der Waals surface area contributed by atoms with Crippen molar-refractivity contribution in [2.24, 2.45) is 0 Å². The molecular weight excluding hydrogens is 214 g/mol. The van der Waals surface area contributed by atoms with E-state index in [1.165, 1.54) is 0 Å². The van der Waals surface area contributed by atoms with Gasteiger partial charge in [-0.05, 0) is 30.2 Å². The van der Waals surface area contributed by atoms with Crippen LogP contribution in [0.5, 0.6) is 0 Å². The van der Waals surface area contributed by atoms with E-state index < -0.39 is 0 Å². The molecular formula is C10H8BrN. The molecule has 0 amide bonds. The van der Waals surface area contributed by atoms with E-state index in [4.69, 9.17) is 5.26 Å². The van der Waals surface area contributed by atoms with Crippen molar-refractivity contribution in [3.63, 3.8) is 0 Å². The molecule has 0 aliphatic carbocycles. The van der Waals surface area contributed by atoms with Crippen LogP contribution in [0.1, 0.15) is 12.5 Å². The standard InChI is InChI=1S/C10H8BrN/c1-8(5-6-12)9-3-2-4-10(11)7-9/h2-5,7H,1H3. The summed E-state index contributed by atoms with van der Waals surface area (Å²) in [6.07, 6.45) is 1.54. The van der Waals surface area contributed by atoms with E-state index in [2.05, 4.69) is 15.9 Å². The molecule has 0 atom stereocenters. The lowest BCUT2D eigenvalue weighted by atomic mass is 10.1. The molecule has 60 valence electrons. The molecule has 0 saturated heterocycles. The third-order valence-corrected chi connectivity index (χ3v) is 2.05. The third-order valence-electron chi connectivity index (χ3n) is 1.56. The van der Waals surface area contributed by atoms with Crippen molar-refractivity contribution in [3.8, 4) is 6.07 Å². The Balaban J connectivity index is 3.05. The Hall–Kier alpha value is -1.07. The maximum absolute atomic E-state index is 8.43. The highest BCUT2D eigenvalue weighted by atomic mass is 79.9. The summed E-state index contributed by atoms with van der Waals surface area (Å²) in [7, 11) is 0. The summed E-state index contributed by atoms with van der Waals surface area (Å²) in [6, 6.07) is 9.89. The van der Waals surface area contributed by atoms with Gasteiger partial charge in [0.2, 0.25) is 0 Å². The molecule has 0 N–H and O–H groups in total. The van der Waals surface area contributed by atoms with Crippen LogP contribution in [0.15, 0.2) is 34.8 Å². The van der Waals surface area contributed by atoms with Gasteiger partial charge in [0.15, 0.2) is 0 Å². The number of rotatable bonds is 1. The number of hydrogen-bond donors (Lipinski definition) is 0. The number of nitrogens with zero attached hydrogens (tertiary/aromatic N) is 1. The van der Waals surface area contributed by atoms with E-state index in [1.807, 2.05) is 37.3 Å². The van der Waals surface area contributed by atoms with Gasteiger partial charge in [-0.1, -0.05) is 28.1 Å². The summed E-state index contributed by atoms with van der Waals surface area (Å²) in [5.41, 5.74) is 2.06. The van der Waals surface area contributed by atoms with Gasteiger partial charge < -0.3 is 0 Å². The lowest BCUT2D eigenvalue weighted by Crippen LogP contribution is -1.77. The normalized spacial score (nSPS) is 10.9. The Morgan fingerprint density at radius 1 is 1.58 bits per heavy atom. The minimum Gasteiger partial charge on any atom is -0.193 e. The number of benzene rings is 1. The molecule has 1 nitrogen and oxygen atoms in total. The molecule has 0 spiro atoms. The van der Waals surface area contributed by atoms with Gasteiger partial charge in [0, 0.05) is 10.5 Å². The van der Waals surface area contributed by atoms with Crippen LogP contribution in [0.3, 0.4) is 0 Å². The van der Waals surface area contributed by atoms with Crippen molar-refractivity contribution in [2.75, 3.05) is 0 Å². The Kier molecular flexibility index (Phi) is 3.07. The molecule has 0 radical (unpaired) electrons. The molecule has 0 fully saturated rings. The van der Waals surface area contributed by atoms with Gasteiger partial charge in [-0.2, -0.15) is 5.26 Å². The Labute approximate surface area is 80.5 Å². The van der Waals surface area contributed by atoms with Crippen molar-refractivity contribution in [2.45, 2.75) is 6.92 Å². The Morgan fingerprint density at radius 2 is 2.33 bits per heavy atom. The molecule has 12 heavy (non-hydrogen) atoms. The molecule has 0 unspecified atom stereocenters. The van der Waals surface area contributed by atoms with Crippen molar-refractivity contribution in [3.05, 3.63) is 40.4 Å². The van der Waals surface area contributed by atoms with Gasteiger partial charge in [0.1, 0.15) is 0 Å². The quantitative estimate of drug-likeness (QED) is 0.668. The van der Waals surface area contributed by atoms with Crippen LogP contribution in [-0.4, -0.2) is 0 Å². The van der Waals surface area contributed by atoms with E-state index in [-0.39, 0.29) is 0 Å². The average molecular weight is 222 g/mol. The second-order valence-corrected chi connectivity index (χ2v) is 3.38. The molecule has 0 heterocycles. The first-order valence-corrected chi connectivity index (χ1v) is 4.35. The van der Waals surface area contributed by atoms with Crippen LogP contribution in [0, 0.1) is 11.3 Å². The highest BCUT2D eigenvalue weighted by Gasteiger charge is 1.94. The fraction of sp³-hybridized carbons (Fsp3) is 0.100. The van der Waals surface area contributed by atoms with Crippen LogP contribution >= 0.6 is 15.9 Å². The summed E-state index contributed by atoms with van der Waals surface area (Å²) in [6.45, 7) is 1.92. The Morgan fingerprint density at radius 3 is 2.92 bits per heavy atom. The van der Waals surface area contributed by atoms with Crippen LogP contribution in [0.25, 0.3) is 5.57 Å². The first-order valence-electron chi connectivity index (χ1n) is 3.56. The average Bonchev–Trinajstić information content (AvgIpc) is 2.05. The van der Waals surface area contributed by atoms with Crippen LogP contribution in [-0.2, 0) is 0 Å². The SMILES string of the molecule is CC(=CC#N)c1cccc(Br)c1. The lowest BCUT2D eigenvalue weighted by molar-refractivity contribution is 1.51. The molecule has 2 heteroatoms. The predicted molar refractivity (Wildman–Crippen MR) is 53.4 cm³/mol. The van der Waals surface area contributed by atoms with Crippen molar-refractivity contribution < 1.29 is 0 Å². The van der Waals surface area contributed by atoms with Gasteiger partial charge in [-0.3, -0.25) is 0 Å². The van der Waals surface area contributed by atoms with Gasteiger partial charge in [-0.15, -0.1) is 0 Å². The summed E-state index contributed by atoms with van der Waals surface area (Å²) >= 11 is 3.37. The molecule has 1 rings (SSSR count). The molecule has 0 bridgehead atoms. The molecule has 1 aromatic rings. The second kappa shape index (κ2) is 4.08. The van der Waals surface area contributed by atoms with E-state index in [0.29, 0.717) is 0 Å². The van der Waals surface area contributed by atoms with Crippen molar-refractivity contribution >= 4 is 21.5 Å². The first-order chi connectivity index (χ1) is 5.74. The van der Waals surface area contributed by atoms with Crippen LogP contribution in [0.4, 0.5) is 0 Å². The number of nitriles is 1. The molecule has 0 saturated carbocycles. The zero-order chi connectivity index (χ0) is 8.97. The smallest absolute Gasteiger partial charge is 0.0915 e. The van der Waals surface area contributed by atoms with Gasteiger partial charge in [0.25, 0.3) is 0 Å². The zero-order valence-electron chi connectivity index (χ0n) is 6.71. The topological polar surface area (TPSA) is 23.8 Å². The lowest BCUT2D eigenvalue weighted by Gasteiger charge is -1.98. The highest BCUT2D eigenvalue weighted by Crippen LogP contribution is 2.18. The highest BCUT2D eigenvalue weighted by molar-refractivity contribution is 9.10. The molecule has 0 aromatic heterocycles. The molecule has 1 aromatic carbocycles. The molecule has 0 aliphatic rings. The third kappa shape index (κ3) is 2.21. The monoisotopic (exact) mass is 221 g/mol. The maximum atomic E-state index is 8.43. The van der Waals surface area contributed by atoms with E-state index in [1.54, 1.807) is 6.08 Å². The largest absolute Gasteiger partial charge is 0.193 e. The van der Waals surface area contributed by atoms with Gasteiger partial charge in [-0.25, -0.2) is 0 Å². The summed E-state index contributed by atoms with van der Waals surface area (Å²) < 4.78 is 1.03. The van der Waals surface area contributed by atoms with Gasteiger partial charge in [0.05, 0.1) is 6.07 Å². The van der Waals surface area contributed by atoms with Gasteiger partial charge >= 0.3 is 0 Å².